The Morgan fingerprint density at radius 3 is 2.60 bits per heavy atom. The largest absolute Gasteiger partial charge is 0.392 e. The van der Waals surface area contributed by atoms with Crippen molar-refractivity contribution in [3.8, 4) is 0 Å². The fourth-order valence-electron chi connectivity index (χ4n) is 1.41. The number of carbonyl (C=O) groups is 2. The summed E-state index contributed by atoms with van der Waals surface area (Å²) in [6, 6.07) is -0.952. The Bertz CT molecular complexity index is 246. The van der Waals surface area contributed by atoms with Crippen molar-refractivity contribution in [2.24, 2.45) is 5.73 Å². The van der Waals surface area contributed by atoms with Crippen LogP contribution in [0.1, 0.15) is 6.42 Å². The third kappa shape index (κ3) is 4.13. The normalized spacial score (nSPS) is 24.9. The minimum absolute atomic E-state index is 0.169. The zero-order valence-electron chi connectivity index (χ0n) is 8.32. The Balaban J connectivity index is 2.11. The van der Waals surface area contributed by atoms with Crippen LogP contribution in [0.3, 0.4) is 0 Å². The molecule has 7 heteroatoms. The van der Waals surface area contributed by atoms with Crippen LogP contribution in [0.4, 0.5) is 4.79 Å². The van der Waals surface area contributed by atoms with E-state index in [4.69, 9.17) is 5.73 Å². The van der Waals surface area contributed by atoms with Gasteiger partial charge in [-0.05, 0) is 6.42 Å². The van der Waals surface area contributed by atoms with E-state index in [2.05, 4.69) is 16.0 Å². The average molecular weight is 216 g/mol. The van der Waals surface area contributed by atoms with Gasteiger partial charge in [0.25, 0.3) is 0 Å². The summed E-state index contributed by atoms with van der Waals surface area (Å²) in [4.78, 5) is 21.7. The molecule has 0 radical (unpaired) electrons. The molecule has 1 heterocycles. The minimum Gasteiger partial charge on any atom is -0.392 e. The molecule has 3 amide bonds. The third-order valence-corrected chi connectivity index (χ3v) is 2.15. The number of aliphatic hydroxyl groups excluding tert-OH is 1. The molecule has 0 spiro atoms. The molecular formula is C8H16N4O3. The van der Waals surface area contributed by atoms with Crippen LogP contribution in [0.2, 0.25) is 0 Å². The van der Waals surface area contributed by atoms with Crippen LogP contribution in [0, 0.1) is 0 Å². The third-order valence-electron chi connectivity index (χ3n) is 2.15. The Morgan fingerprint density at radius 1 is 1.40 bits per heavy atom. The molecule has 1 aliphatic rings. The van der Waals surface area contributed by atoms with Gasteiger partial charge in [-0.3, -0.25) is 4.79 Å². The fraction of sp³-hybridized carbons (Fsp3) is 0.750. The lowest BCUT2D eigenvalue weighted by atomic mass is 10.2. The number of hydrogen-bond donors (Lipinski definition) is 5. The Morgan fingerprint density at radius 2 is 2.07 bits per heavy atom. The Labute approximate surface area is 87.4 Å². The lowest BCUT2D eigenvalue weighted by molar-refractivity contribution is -0.122. The average Bonchev–Trinajstić information content (AvgIpc) is 2.59. The fourth-order valence-corrected chi connectivity index (χ4v) is 1.41. The maximum absolute atomic E-state index is 11.4. The van der Waals surface area contributed by atoms with Crippen molar-refractivity contribution in [1.29, 1.82) is 0 Å². The Kier molecular flexibility index (Phi) is 4.32. The molecule has 86 valence electrons. The number of rotatable bonds is 4. The summed E-state index contributed by atoms with van der Waals surface area (Å²) >= 11 is 0. The van der Waals surface area contributed by atoms with Crippen LogP contribution in [-0.2, 0) is 4.79 Å². The van der Waals surface area contributed by atoms with E-state index in [1.165, 1.54) is 0 Å². The molecule has 1 rings (SSSR count). The van der Waals surface area contributed by atoms with Gasteiger partial charge in [0.05, 0.1) is 12.1 Å². The summed E-state index contributed by atoms with van der Waals surface area (Å²) in [7, 11) is 0. The van der Waals surface area contributed by atoms with Crippen molar-refractivity contribution in [3.05, 3.63) is 0 Å². The van der Waals surface area contributed by atoms with Gasteiger partial charge in [-0.2, -0.15) is 0 Å². The van der Waals surface area contributed by atoms with Gasteiger partial charge in [-0.1, -0.05) is 0 Å². The van der Waals surface area contributed by atoms with E-state index in [0.717, 1.165) is 0 Å². The molecule has 0 aromatic heterocycles. The van der Waals surface area contributed by atoms with E-state index in [1.807, 2.05) is 0 Å². The van der Waals surface area contributed by atoms with Crippen LogP contribution in [0.15, 0.2) is 0 Å². The van der Waals surface area contributed by atoms with Crippen LogP contribution in [-0.4, -0.2) is 48.8 Å². The maximum atomic E-state index is 11.4. The van der Waals surface area contributed by atoms with Gasteiger partial charge in [0.15, 0.2) is 0 Å². The number of primary amides is 1. The van der Waals surface area contributed by atoms with Crippen LogP contribution >= 0.6 is 0 Å². The molecule has 15 heavy (non-hydrogen) atoms. The van der Waals surface area contributed by atoms with Crippen LogP contribution in [0.5, 0.6) is 0 Å². The quantitative estimate of drug-likeness (QED) is 0.334. The summed E-state index contributed by atoms with van der Waals surface area (Å²) in [5.74, 6) is -0.169. The molecule has 0 aromatic rings. The lowest BCUT2D eigenvalue weighted by Crippen LogP contribution is -2.44. The molecular weight excluding hydrogens is 200 g/mol. The summed E-state index contributed by atoms with van der Waals surface area (Å²) in [6.45, 7) is 1.07. The van der Waals surface area contributed by atoms with Crippen molar-refractivity contribution in [3.63, 3.8) is 0 Å². The monoisotopic (exact) mass is 216 g/mol. The van der Waals surface area contributed by atoms with Gasteiger partial charge in [-0.25, -0.2) is 4.79 Å². The molecule has 1 saturated heterocycles. The van der Waals surface area contributed by atoms with Gasteiger partial charge in [0.2, 0.25) is 5.91 Å². The molecule has 0 aromatic carbocycles. The number of β-amino-alcohol motifs (C(OH)–C–C–N with tert-alkyl or cyclic N) is 1. The predicted molar refractivity (Wildman–Crippen MR) is 53.0 cm³/mol. The molecule has 1 fully saturated rings. The minimum atomic E-state index is -0.612. The number of amides is 3. The van der Waals surface area contributed by atoms with Crippen LogP contribution < -0.4 is 21.7 Å². The second-order valence-electron chi connectivity index (χ2n) is 3.43. The predicted octanol–water partition coefficient (Wildman–Crippen LogP) is -2.51. The number of urea groups is 1. The van der Waals surface area contributed by atoms with Gasteiger partial charge in [0, 0.05) is 19.6 Å². The number of aliphatic hydroxyl groups is 1. The first-order valence-electron chi connectivity index (χ1n) is 4.82. The zero-order chi connectivity index (χ0) is 11.3. The molecule has 1 aliphatic heterocycles. The van der Waals surface area contributed by atoms with Crippen molar-refractivity contribution >= 4 is 11.9 Å². The first-order chi connectivity index (χ1) is 7.09. The molecule has 7 nitrogen and oxygen atoms in total. The van der Waals surface area contributed by atoms with Crippen molar-refractivity contribution in [1.82, 2.24) is 16.0 Å². The first kappa shape index (κ1) is 11.7. The smallest absolute Gasteiger partial charge is 0.312 e. The van der Waals surface area contributed by atoms with Crippen molar-refractivity contribution in [2.45, 2.75) is 18.6 Å². The zero-order valence-corrected chi connectivity index (χ0v) is 8.32. The highest BCUT2D eigenvalue weighted by Crippen LogP contribution is 2.05. The van der Waals surface area contributed by atoms with E-state index in [1.54, 1.807) is 0 Å². The van der Waals surface area contributed by atoms with Gasteiger partial charge < -0.3 is 26.8 Å². The topological polar surface area (TPSA) is 116 Å². The van der Waals surface area contributed by atoms with Crippen molar-refractivity contribution < 1.29 is 14.7 Å². The lowest BCUT2D eigenvalue weighted by Gasteiger charge is -2.10. The molecule has 2 atom stereocenters. The second-order valence-corrected chi connectivity index (χ2v) is 3.43. The standard InChI is InChI=1S/C8H16N4O3/c9-8(15)11-2-1-10-7(14)6-3-5(13)4-12-6/h5-6,12-13H,1-4H2,(H,10,14)(H3,9,11,15). The maximum Gasteiger partial charge on any atom is 0.312 e. The van der Waals surface area contributed by atoms with E-state index in [-0.39, 0.29) is 11.9 Å². The van der Waals surface area contributed by atoms with Crippen LogP contribution in [0.25, 0.3) is 0 Å². The SMILES string of the molecule is NC(=O)NCCNC(=O)C1CC(O)CN1. The number of nitrogens with two attached hydrogens (primary N) is 1. The van der Waals surface area contributed by atoms with E-state index in [9.17, 15) is 14.7 Å². The molecule has 0 saturated carbocycles. The summed E-state index contributed by atoms with van der Waals surface area (Å²) in [5, 5.41) is 17.0. The molecule has 0 aliphatic carbocycles. The number of hydrogen-bond acceptors (Lipinski definition) is 4. The number of carbonyl (C=O) groups excluding carboxylic acids is 2. The summed E-state index contributed by atoms with van der Waals surface area (Å²) in [5.41, 5.74) is 4.84. The summed E-state index contributed by atoms with van der Waals surface area (Å²) in [6.07, 6.45) is -0.0285. The first-order valence-corrected chi connectivity index (χ1v) is 4.82. The highest BCUT2D eigenvalue weighted by Gasteiger charge is 2.27. The Hall–Kier alpha value is -1.34. The second kappa shape index (κ2) is 5.52. The molecule has 0 bridgehead atoms. The number of nitrogens with one attached hydrogen (secondary N) is 3. The van der Waals surface area contributed by atoms with Crippen molar-refractivity contribution in [2.75, 3.05) is 19.6 Å². The van der Waals surface area contributed by atoms with Gasteiger partial charge in [0.1, 0.15) is 0 Å². The van der Waals surface area contributed by atoms with E-state index in [0.29, 0.717) is 26.1 Å². The highest BCUT2D eigenvalue weighted by atomic mass is 16.3. The van der Waals surface area contributed by atoms with Gasteiger partial charge in [-0.15, -0.1) is 0 Å². The molecule has 2 unspecified atom stereocenters. The van der Waals surface area contributed by atoms with Gasteiger partial charge >= 0.3 is 6.03 Å². The summed E-state index contributed by atoms with van der Waals surface area (Å²) < 4.78 is 0. The van der Waals surface area contributed by atoms with E-state index < -0.39 is 12.1 Å². The van der Waals surface area contributed by atoms with E-state index >= 15 is 0 Å². The molecule has 6 N–H and O–H groups in total. The highest BCUT2D eigenvalue weighted by molar-refractivity contribution is 5.82.